The molecule has 2 unspecified atom stereocenters. The first-order valence-corrected chi connectivity index (χ1v) is 6.77. The molecule has 0 amide bonds. The van der Waals surface area contributed by atoms with E-state index in [4.69, 9.17) is 12.2 Å². The van der Waals surface area contributed by atoms with Crippen molar-refractivity contribution in [1.82, 2.24) is 4.90 Å². The molecule has 17 heavy (non-hydrogen) atoms. The molecule has 0 bridgehead atoms. The normalized spacial score (nSPS) is 23.8. The van der Waals surface area contributed by atoms with Crippen LogP contribution in [-0.2, 0) is 0 Å². The zero-order valence-corrected chi connectivity index (χ0v) is 11.3. The molecule has 0 radical (unpaired) electrons. The maximum absolute atomic E-state index is 5.53. The second-order valence-electron chi connectivity index (χ2n) is 4.69. The molecule has 92 valence electrons. The Morgan fingerprint density at radius 2 is 2.06 bits per heavy atom. The topological polar surface area (TPSA) is 15.3 Å². The van der Waals surface area contributed by atoms with E-state index in [0.717, 1.165) is 10.8 Å². The molecule has 1 aromatic carbocycles. The summed E-state index contributed by atoms with van der Waals surface area (Å²) in [5, 5.41) is 4.20. The molecular weight excluding hydrogens is 228 g/mol. The maximum Gasteiger partial charge on any atom is 0.173 e. The van der Waals surface area contributed by atoms with E-state index in [0.29, 0.717) is 12.1 Å². The summed E-state index contributed by atoms with van der Waals surface area (Å²) in [6, 6.07) is 11.3. The maximum atomic E-state index is 5.53. The Bertz CT molecular complexity index is 377. The van der Waals surface area contributed by atoms with Crippen molar-refractivity contribution in [3.8, 4) is 0 Å². The van der Waals surface area contributed by atoms with Crippen LogP contribution in [0.5, 0.6) is 0 Å². The predicted octanol–water partition coefficient (Wildman–Crippen LogP) is 3.65. The van der Waals surface area contributed by atoms with E-state index in [1.807, 2.05) is 30.3 Å². The van der Waals surface area contributed by atoms with Gasteiger partial charge in [0, 0.05) is 17.8 Å². The Morgan fingerprint density at radius 3 is 2.71 bits per heavy atom. The first-order valence-electron chi connectivity index (χ1n) is 6.36. The van der Waals surface area contributed by atoms with Crippen LogP contribution in [0.2, 0.25) is 0 Å². The number of anilines is 1. The van der Waals surface area contributed by atoms with Crippen molar-refractivity contribution in [1.29, 1.82) is 0 Å². The van der Waals surface area contributed by atoms with Gasteiger partial charge in [-0.1, -0.05) is 25.1 Å². The van der Waals surface area contributed by atoms with Crippen molar-refractivity contribution >= 4 is 23.0 Å². The van der Waals surface area contributed by atoms with Gasteiger partial charge in [0.15, 0.2) is 5.11 Å². The monoisotopic (exact) mass is 248 g/mol. The predicted molar refractivity (Wildman–Crippen MR) is 77.3 cm³/mol. The molecule has 2 atom stereocenters. The molecule has 2 nitrogen and oxygen atoms in total. The molecule has 1 N–H and O–H groups in total. The van der Waals surface area contributed by atoms with Gasteiger partial charge in [-0.15, -0.1) is 0 Å². The number of para-hydroxylation sites is 1. The highest BCUT2D eigenvalue weighted by atomic mass is 32.1. The quantitative estimate of drug-likeness (QED) is 0.804. The summed E-state index contributed by atoms with van der Waals surface area (Å²) >= 11 is 5.53. The molecule has 0 aromatic heterocycles. The highest BCUT2D eigenvalue weighted by Crippen LogP contribution is 2.26. The Hall–Kier alpha value is -1.09. The number of rotatable bonds is 2. The number of benzene rings is 1. The van der Waals surface area contributed by atoms with Crippen LogP contribution in [-0.4, -0.2) is 22.1 Å². The van der Waals surface area contributed by atoms with Crippen LogP contribution in [0, 0.1) is 0 Å². The van der Waals surface area contributed by atoms with Crippen LogP contribution >= 0.6 is 12.2 Å². The fourth-order valence-electron chi connectivity index (χ4n) is 2.55. The summed E-state index contributed by atoms with van der Waals surface area (Å²) in [5.74, 6) is 0. The van der Waals surface area contributed by atoms with Crippen molar-refractivity contribution in [3.63, 3.8) is 0 Å². The van der Waals surface area contributed by atoms with Crippen LogP contribution < -0.4 is 5.32 Å². The van der Waals surface area contributed by atoms with E-state index in [9.17, 15) is 0 Å². The zero-order valence-electron chi connectivity index (χ0n) is 10.5. The standard InChI is InChI=1S/C14H20N2S/c1-3-13-10-9-11(2)16(13)14(17)15-12-7-5-4-6-8-12/h4-8,11,13H,3,9-10H2,1-2H3,(H,15,17). The molecule has 0 saturated carbocycles. The molecule has 0 aliphatic carbocycles. The lowest BCUT2D eigenvalue weighted by Gasteiger charge is -2.30. The molecule has 1 aromatic rings. The molecule has 3 heteroatoms. The van der Waals surface area contributed by atoms with Gasteiger partial charge >= 0.3 is 0 Å². The average molecular weight is 248 g/mol. The molecule has 1 heterocycles. The van der Waals surface area contributed by atoms with Crippen LogP contribution in [0.1, 0.15) is 33.1 Å². The fraction of sp³-hybridized carbons (Fsp3) is 0.500. The minimum atomic E-state index is 0.559. The minimum Gasteiger partial charge on any atom is -0.343 e. The van der Waals surface area contributed by atoms with Crippen molar-refractivity contribution < 1.29 is 0 Å². The van der Waals surface area contributed by atoms with E-state index in [1.54, 1.807) is 0 Å². The van der Waals surface area contributed by atoms with E-state index >= 15 is 0 Å². The number of likely N-dealkylation sites (tertiary alicyclic amines) is 1. The van der Waals surface area contributed by atoms with Gasteiger partial charge in [-0.05, 0) is 50.5 Å². The zero-order chi connectivity index (χ0) is 12.3. The summed E-state index contributed by atoms with van der Waals surface area (Å²) < 4.78 is 0. The van der Waals surface area contributed by atoms with Gasteiger partial charge in [0.25, 0.3) is 0 Å². The van der Waals surface area contributed by atoms with Crippen molar-refractivity contribution in [2.24, 2.45) is 0 Å². The van der Waals surface area contributed by atoms with Crippen molar-refractivity contribution in [3.05, 3.63) is 30.3 Å². The summed E-state index contributed by atoms with van der Waals surface area (Å²) in [6.07, 6.45) is 3.67. The number of nitrogens with one attached hydrogen (secondary N) is 1. The van der Waals surface area contributed by atoms with E-state index in [1.165, 1.54) is 19.3 Å². The van der Waals surface area contributed by atoms with Crippen LogP contribution in [0.25, 0.3) is 0 Å². The van der Waals surface area contributed by atoms with E-state index in [-0.39, 0.29) is 0 Å². The van der Waals surface area contributed by atoms with Crippen LogP contribution in [0.4, 0.5) is 5.69 Å². The Balaban J connectivity index is 2.04. The number of nitrogens with zero attached hydrogens (tertiary/aromatic N) is 1. The third-order valence-electron chi connectivity index (χ3n) is 3.52. The lowest BCUT2D eigenvalue weighted by molar-refractivity contribution is 0.326. The first kappa shape index (κ1) is 12.4. The van der Waals surface area contributed by atoms with Crippen molar-refractivity contribution in [2.45, 2.75) is 45.2 Å². The van der Waals surface area contributed by atoms with E-state index in [2.05, 4.69) is 24.1 Å². The smallest absolute Gasteiger partial charge is 0.173 e. The molecule has 1 saturated heterocycles. The summed E-state index contributed by atoms with van der Waals surface area (Å²) in [7, 11) is 0. The third-order valence-corrected chi connectivity index (χ3v) is 3.83. The molecule has 2 rings (SSSR count). The number of thiocarbonyl (C=S) groups is 1. The number of hydrogen-bond acceptors (Lipinski definition) is 1. The second kappa shape index (κ2) is 5.50. The van der Waals surface area contributed by atoms with Gasteiger partial charge in [-0.25, -0.2) is 0 Å². The summed E-state index contributed by atoms with van der Waals surface area (Å²) in [5.41, 5.74) is 1.08. The first-order chi connectivity index (χ1) is 8.22. The Kier molecular flexibility index (Phi) is 4.00. The van der Waals surface area contributed by atoms with Gasteiger partial charge in [-0.2, -0.15) is 0 Å². The average Bonchev–Trinajstić information content (AvgIpc) is 2.71. The second-order valence-corrected chi connectivity index (χ2v) is 5.08. The van der Waals surface area contributed by atoms with Crippen LogP contribution in [0.3, 0.4) is 0 Å². The van der Waals surface area contributed by atoms with Crippen LogP contribution in [0.15, 0.2) is 30.3 Å². The van der Waals surface area contributed by atoms with E-state index < -0.39 is 0 Å². The summed E-state index contributed by atoms with van der Waals surface area (Å²) in [6.45, 7) is 4.50. The highest BCUT2D eigenvalue weighted by Gasteiger charge is 2.30. The fourth-order valence-corrected chi connectivity index (χ4v) is 2.99. The van der Waals surface area contributed by atoms with Gasteiger partial charge in [0.05, 0.1) is 0 Å². The molecule has 1 fully saturated rings. The molecule has 1 aliphatic rings. The third kappa shape index (κ3) is 2.78. The van der Waals surface area contributed by atoms with Gasteiger partial charge in [0.1, 0.15) is 0 Å². The van der Waals surface area contributed by atoms with Gasteiger partial charge in [-0.3, -0.25) is 0 Å². The molecular formula is C14H20N2S. The Morgan fingerprint density at radius 1 is 1.35 bits per heavy atom. The lowest BCUT2D eigenvalue weighted by atomic mass is 10.2. The van der Waals surface area contributed by atoms with Gasteiger partial charge < -0.3 is 10.2 Å². The molecule has 0 spiro atoms. The summed E-state index contributed by atoms with van der Waals surface area (Å²) in [4.78, 5) is 2.36. The Labute approximate surface area is 109 Å². The van der Waals surface area contributed by atoms with Gasteiger partial charge in [0.2, 0.25) is 0 Å². The lowest BCUT2D eigenvalue weighted by Crippen LogP contribution is -2.42. The SMILES string of the molecule is CCC1CCC(C)N1C(=S)Nc1ccccc1. The van der Waals surface area contributed by atoms with Crippen molar-refractivity contribution in [2.75, 3.05) is 5.32 Å². The largest absolute Gasteiger partial charge is 0.343 e. The molecule has 1 aliphatic heterocycles. The number of hydrogen-bond donors (Lipinski definition) is 1. The minimum absolute atomic E-state index is 0.559. The highest BCUT2D eigenvalue weighted by molar-refractivity contribution is 7.80.